The Morgan fingerprint density at radius 3 is 2.86 bits per heavy atom. The second-order valence-corrected chi connectivity index (χ2v) is 7.69. The molecule has 0 saturated heterocycles. The smallest absolute Gasteiger partial charge is 0.349 e. The van der Waals surface area contributed by atoms with Crippen LogP contribution in [0.5, 0.6) is 0 Å². The normalized spacial score (nSPS) is 13.3. The van der Waals surface area contributed by atoms with Crippen LogP contribution < -0.4 is 16.5 Å². The standard InChI is InChI=1S/C20H18BrN3O4/c21-14-5-6-17-13(9-14)10-15(20(27)28-17)19(26)22-7-8-24-18(25)11-12-3-1-2-4-16(12)23-24/h5-6,9-11H,1-4,7-8H2,(H,22,26). The van der Waals surface area contributed by atoms with E-state index in [0.29, 0.717) is 11.0 Å². The lowest BCUT2D eigenvalue weighted by Gasteiger charge is -2.16. The molecule has 2 aromatic heterocycles. The van der Waals surface area contributed by atoms with Gasteiger partial charge in [-0.25, -0.2) is 9.48 Å². The van der Waals surface area contributed by atoms with Crippen molar-refractivity contribution in [2.45, 2.75) is 32.2 Å². The van der Waals surface area contributed by atoms with E-state index >= 15 is 0 Å². The molecule has 1 aliphatic rings. The van der Waals surface area contributed by atoms with Crippen LogP contribution in [0.15, 0.2) is 48.8 Å². The molecule has 28 heavy (non-hydrogen) atoms. The van der Waals surface area contributed by atoms with E-state index in [1.165, 1.54) is 10.7 Å². The van der Waals surface area contributed by atoms with Gasteiger partial charge in [-0.3, -0.25) is 9.59 Å². The first-order valence-electron chi connectivity index (χ1n) is 9.13. The molecular formula is C20H18BrN3O4. The van der Waals surface area contributed by atoms with Crippen molar-refractivity contribution in [2.24, 2.45) is 0 Å². The third-order valence-corrected chi connectivity index (χ3v) is 5.32. The van der Waals surface area contributed by atoms with E-state index in [0.717, 1.165) is 41.4 Å². The van der Waals surface area contributed by atoms with Crippen molar-refractivity contribution < 1.29 is 9.21 Å². The average molecular weight is 444 g/mol. The number of nitrogens with zero attached hydrogens (tertiary/aromatic N) is 2. The third kappa shape index (κ3) is 3.77. The summed E-state index contributed by atoms with van der Waals surface area (Å²) in [5.41, 5.74) is 1.45. The van der Waals surface area contributed by atoms with E-state index < -0.39 is 11.5 Å². The molecular weight excluding hydrogens is 426 g/mol. The molecule has 0 unspecified atom stereocenters. The maximum absolute atomic E-state index is 12.4. The summed E-state index contributed by atoms with van der Waals surface area (Å²) < 4.78 is 7.39. The van der Waals surface area contributed by atoms with Gasteiger partial charge < -0.3 is 9.73 Å². The molecule has 0 aliphatic heterocycles. The molecule has 0 fully saturated rings. The number of halogens is 1. The molecule has 1 amide bonds. The molecule has 2 heterocycles. The van der Waals surface area contributed by atoms with E-state index in [1.54, 1.807) is 24.3 Å². The number of carbonyl (C=O) groups excluding carboxylic acids is 1. The minimum Gasteiger partial charge on any atom is -0.422 e. The van der Waals surface area contributed by atoms with Gasteiger partial charge >= 0.3 is 5.63 Å². The summed E-state index contributed by atoms with van der Waals surface area (Å²) in [5.74, 6) is -0.540. The van der Waals surface area contributed by atoms with E-state index in [4.69, 9.17) is 4.42 Å². The summed E-state index contributed by atoms with van der Waals surface area (Å²) in [7, 11) is 0. The van der Waals surface area contributed by atoms with Gasteiger partial charge in [0.25, 0.3) is 11.5 Å². The van der Waals surface area contributed by atoms with Crippen molar-refractivity contribution in [3.63, 3.8) is 0 Å². The van der Waals surface area contributed by atoms with Crippen LogP contribution >= 0.6 is 15.9 Å². The molecule has 0 spiro atoms. The van der Waals surface area contributed by atoms with E-state index in [2.05, 4.69) is 26.3 Å². The maximum atomic E-state index is 12.4. The van der Waals surface area contributed by atoms with Crippen LogP contribution in [0.2, 0.25) is 0 Å². The molecule has 0 radical (unpaired) electrons. The highest BCUT2D eigenvalue weighted by atomic mass is 79.9. The number of aryl methyl sites for hydroxylation is 2. The molecule has 1 N–H and O–H groups in total. The molecule has 7 nitrogen and oxygen atoms in total. The summed E-state index contributed by atoms with van der Waals surface area (Å²) in [5, 5.41) is 7.73. The van der Waals surface area contributed by atoms with Crippen LogP contribution in [0.4, 0.5) is 0 Å². The van der Waals surface area contributed by atoms with Gasteiger partial charge in [-0.1, -0.05) is 15.9 Å². The Hall–Kier alpha value is -2.74. The summed E-state index contributed by atoms with van der Waals surface area (Å²) >= 11 is 3.35. The fourth-order valence-electron chi connectivity index (χ4n) is 3.38. The lowest BCUT2D eigenvalue weighted by Crippen LogP contribution is -2.34. The highest BCUT2D eigenvalue weighted by molar-refractivity contribution is 9.10. The zero-order chi connectivity index (χ0) is 19.7. The van der Waals surface area contributed by atoms with Gasteiger partial charge in [0.05, 0.1) is 12.2 Å². The summed E-state index contributed by atoms with van der Waals surface area (Å²) in [4.78, 5) is 36.7. The number of rotatable bonds is 4. The summed E-state index contributed by atoms with van der Waals surface area (Å²) in [6, 6.07) is 8.33. The first-order chi connectivity index (χ1) is 13.5. The number of amides is 1. The number of fused-ring (bicyclic) bond motifs is 2. The molecule has 0 saturated carbocycles. The number of carbonyl (C=O) groups is 1. The lowest BCUT2D eigenvalue weighted by molar-refractivity contribution is 0.0948. The van der Waals surface area contributed by atoms with Crippen molar-refractivity contribution >= 4 is 32.8 Å². The minimum atomic E-state index is -0.698. The third-order valence-electron chi connectivity index (χ3n) is 4.82. The van der Waals surface area contributed by atoms with Crippen LogP contribution in [0, 0.1) is 0 Å². The van der Waals surface area contributed by atoms with Gasteiger partial charge in [0, 0.05) is 22.5 Å². The topological polar surface area (TPSA) is 94.2 Å². The molecule has 1 aliphatic carbocycles. The van der Waals surface area contributed by atoms with Gasteiger partial charge in [-0.05, 0) is 55.5 Å². The quantitative estimate of drug-likeness (QED) is 0.624. The van der Waals surface area contributed by atoms with Gasteiger partial charge in [-0.2, -0.15) is 5.10 Å². The number of hydrogen-bond donors (Lipinski definition) is 1. The molecule has 0 atom stereocenters. The SMILES string of the molecule is O=C(NCCn1nc2c(cc1=O)CCCC2)c1cc2cc(Br)ccc2oc1=O. The maximum Gasteiger partial charge on any atom is 0.349 e. The van der Waals surface area contributed by atoms with Crippen molar-refractivity contribution in [1.29, 1.82) is 0 Å². The Labute approximate surface area is 168 Å². The van der Waals surface area contributed by atoms with E-state index in [1.807, 2.05) is 0 Å². The number of aromatic nitrogens is 2. The fourth-order valence-corrected chi connectivity index (χ4v) is 3.76. The van der Waals surface area contributed by atoms with E-state index in [9.17, 15) is 14.4 Å². The first-order valence-corrected chi connectivity index (χ1v) is 9.92. The van der Waals surface area contributed by atoms with Gasteiger partial charge in [0.1, 0.15) is 11.1 Å². The predicted molar refractivity (Wildman–Crippen MR) is 108 cm³/mol. The summed E-state index contributed by atoms with van der Waals surface area (Å²) in [6.07, 6.45) is 3.92. The monoisotopic (exact) mass is 443 g/mol. The van der Waals surface area contributed by atoms with Crippen molar-refractivity contribution in [3.8, 4) is 0 Å². The first kappa shape index (κ1) is 18.6. The second-order valence-electron chi connectivity index (χ2n) is 6.77. The van der Waals surface area contributed by atoms with Crippen LogP contribution in [-0.4, -0.2) is 22.2 Å². The Morgan fingerprint density at radius 2 is 2.00 bits per heavy atom. The number of benzene rings is 1. The minimum absolute atomic E-state index is 0.0728. The average Bonchev–Trinajstić information content (AvgIpc) is 2.68. The van der Waals surface area contributed by atoms with Gasteiger partial charge in [0.2, 0.25) is 0 Å². The van der Waals surface area contributed by atoms with Gasteiger partial charge in [0.15, 0.2) is 0 Å². The lowest BCUT2D eigenvalue weighted by atomic mass is 9.97. The highest BCUT2D eigenvalue weighted by Gasteiger charge is 2.15. The molecule has 0 bridgehead atoms. The van der Waals surface area contributed by atoms with Crippen LogP contribution in [0.1, 0.15) is 34.5 Å². The molecule has 3 aromatic rings. The Bertz CT molecular complexity index is 1180. The number of hydrogen-bond acceptors (Lipinski definition) is 5. The van der Waals surface area contributed by atoms with Crippen LogP contribution in [0.25, 0.3) is 11.0 Å². The van der Waals surface area contributed by atoms with Crippen molar-refractivity contribution in [2.75, 3.05) is 6.54 Å². The molecule has 1 aromatic carbocycles. The predicted octanol–water partition coefficient (Wildman–Crippen LogP) is 2.42. The fraction of sp³-hybridized carbons (Fsp3) is 0.300. The van der Waals surface area contributed by atoms with Gasteiger partial charge in [-0.15, -0.1) is 0 Å². The Balaban J connectivity index is 1.48. The highest BCUT2D eigenvalue weighted by Crippen LogP contribution is 2.19. The van der Waals surface area contributed by atoms with E-state index in [-0.39, 0.29) is 24.2 Å². The largest absolute Gasteiger partial charge is 0.422 e. The molecule has 4 rings (SSSR count). The van der Waals surface area contributed by atoms with Crippen molar-refractivity contribution in [1.82, 2.24) is 15.1 Å². The summed E-state index contributed by atoms with van der Waals surface area (Å²) in [6.45, 7) is 0.419. The van der Waals surface area contributed by atoms with Crippen molar-refractivity contribution in [3.05, 3.63) is 72.4 Å². The number of nitrogens with one attached hydrogen (secondary N) is 1. The van der Waals surface area contributed by atoms with Crippen LogP contribution in [-0.2, 0) is 19.4 Å². The Kier molecular flexibility index (Phi) is 5.13. The zero-order valence-electron chi connectivity index (χ0n) is 15.0. The Morgan fingerprint density at radius 1 is 1.18 bits per heavy atom. The molecule has 8 heteroatoms. The van der Waals surface area contributed by atoms with Crippen LogP contribution in [0.3, 0.4) is 0 Å². The second kappa shape index (κ2) is 7.71. The molecule has 144 valence electrons. The zero-order valence-corrected chi connectivity index (χ0v) is 16.6.